The molecule has 1 aliphatic heterocycles. The van der Waals surface area contributed by atoms with Gasteiger partial charge in [-0.1, -0.05) is 17.7 Å². The summed E-state index contributed by atoms with van der Waals surface area (Å²) in [5, 5.41) is 11.4. The lowest BCUT2D eigenvalue weighted by atomic mass is 9.95. The molecule has 1 saturated heterocycles. The molecule has 0 bridgehead atoms. The summed E-state index contributed by atoms with van der Waals surface area (Å²) < 4.78 is 15.7. The summed E-state index contributed by atoms with van der Waals surface area (Å²) >= 11 is 5.93. The average molecular weight is 432 g/mol. The molecule has 2 aromatic carbocycles. The molecule has 30 heavy (non-hydrogen) atoms. The smallest absolute Gasteiger partial charge is 0.295 e. The van der Waals surface area contributed by atoms with E-state index in [2.05, 4.69) is 0 Å². The number of ether oxygens (including phenoxy) is 3. The monoisotopic (exact) mass is 431 g/mol. The zero-order valence-electron chi connectivity index (χ0n) is 16.8. The number of rotatable bonds is 7. The number of likely N-dealkylation sites (tertiary alicyclic amines) is 1. The standard InChI is InChI=1S/C22H22ClNO6/c1-28-11-10-24-19(14-6-9-16(29-2)17(12-14)30-3)18(21(26)22(24)27)20(25)13-4-7-15(23)8-5-13/h4-9,12,19,25H,10-11H2,1-3H3/b20-18+. The van der Waals surface area contributed by atoms with Gasteiger partial charge in [0.15, 0.2) is 11.5 Å². The summed E-state index contributed by atoms with van der Waals surface area (Å²) in [7, 11) is 4.52. The quantitative estimate of drug-likeness (QED) is 0.410. The lowest BCUT2D eigenvalue weighted by Gasteiger charge is -2.25. The van der Waals surface area contributed by atoms with Crippen LogP contribution in [0.3, 0.4) is 0 Å². The highest BCUT2D eigenvalue weighted by atomic mass is 35.5. The van der Waals surface area contributed by atoms with E-state index in [9.17, 15) is 14.7 Å². The Morgan fingerprint density at radius 1 is 1.03 bits per heavy atom. The number of carbonyl (C=O) groups is 2. The highest BCUT2D eigenvalue weighted by Crippen LogP contribution is 2.41. The summed E-state index contributed by atoms with van der Waals surface area (Å²) in [6.45, 7) is 0.412. The Bertz CT molecular complexity index is 986. The predicted octanol–water partition coefficient (Wildman–Crippen LogP) is 3.43. The van der Waals surface area contributed by atoms with E-state index in [1.54, 1.807) is 42.5 Å². The number of Topliss-reactive ketones (excluding diaryl/α,β-unsaturated/α-hetero) is 1. The molecule has 8 heteroatoms. The van der Waals surface area contributed by atoms with Gasteiger partial charge in [0.05, 0.1) is 32.4 Å². The van der Waals surface area contributed by atoms with Crippen LogP contribution in [-0.2, 0) is 14.3 Å². The minimum Gasteiger partial charge on any atom is -0.507 e. The molecule has 7 nitrogen and oxygen atoms in total. The van der Waals surface area contributed by atoms with Crippen molar-refractivity contribution in [3.63, 3.8) is 0 Å². The number of methoxy groups -OCH3 is 3. The van der Waals surface area contributed by atoms with E-state index in [1.807, 2.05) is 0 Å². The van der Waals surface area contributed by atoms with Crippen LogP contribution in [0.4, 0.5) is 0 Å². The molecule has 1 heterocycles. The van der Waals surface area contributed by atoms with E-state index in [0.717, 1.165) is 0 Å². The number of aliphatic hydroxyl groups is 1. The fraction of sp³-hybridized carbons (Fsp3) is 0.273. The van der Waals surface area contributed by atoms with Crippen molar-refractivity contribution in [1.29, 1.82) is 0 Å². The molecule has 2 aromatic rings. The van der Waals surface area contributed by atoms with Gasteiger partial charge < -0.3 is 24.2 Å². The minimum atomic E-state index is -0.810. The number of hydrogen-bond donors (Lipinski definition) is 1. The summed E-state index contributed by atoms with van der Waals surface area (Å²) in [4.78, 5) is 27.0. The van der Waals surface area contributed by atoms with E-state index in [1.165, 1.54) is 26.2 Å². The number of amides is 1. The zero-order valence-corrected chi connectivity index (χ0v) is 17.6. The maximum Gasteiger partial charge on any atom is 0.295 e. The van der Waals surface area contributed by atoms with Gasteiger partial charge in [-0.05, 0) is 42.0 Å². The maximum atomic E-state index is 12.9. The fourth-order valence-electron chi connectivity index (χ4n) is 3.43. The number of hydrogen-bond acceptors (Lipinski definition) is 6. The van der Waals surface area contributed by atoms with Gasteiger partial charge in [-0.3, -0.25) is 9.59 Å². The van der Waals surface area contributed by atoms with Crippen molar-refractivity contribution < 1.29 is 28.9 Å². The summed E-state index contributed by atoms with van der Waals surface area (Å²) in [6.07, 6.45) is 0. The van der Waals surface area contributed by atoms with Crippen molar-refractivity contribution in [3.8, 4) is 11.5 Å². The van der Waals surface area contributed by atoms with Crippen molar-refractivity contribution >= 4 is 29.1 Å². The van der Waals surface area contributed by atoms with Crippen LogP contribution in [0, 0.1) is 0 Å². The third-order valence-corrected chi connectivity index (χ3v) is 5.17. The number of ketones is 1. The van der Waals surface area contributed by atoms with E-state index < -0.39 is 17.7 Å². The minimum absolute atomic E-state index is 0.00866. The van der Waals surface area contributed by atoms with Crippen molar-refractivity contribution in [2.24, 2.45) is 0 Å². The van der Waals surface area contributed by atoms with Gasteiger partial charge in [0.2, 0.25) is 0 Å². The van der Waals surface area contributed by atoms with Crippen molar-refractivity contribution in [1.82, 2.24) is 4.90 Å². The Morgan fingerprint density at radius 2 is 1.70 bits per heavy atom. The normalized spacial score (nSPS) is 18.0. The number of aliphatic hydroxyl groups excluding tert-OH is 1. The highest BCUT2D eigenvalue weighted by molar-refractivity contribution is 6.46. The first-order valence-electron chi connectivity index (χ1n) is 9.18. The molecule has 0 spiro atoms. The molecule has 0 saturated carbocycles. The average Bonchev–Trinajstić information content (AvgIpc) is 3.01. The largest absolute Gasteiger partial charge is 0.507 e. The van der Waals surface area contributed by atoms with Crippen LogP contribution in [-0.4, -0.2) is 56.2 Å². The maximum absolute atomic E-state index is 12.9. The van der Waals surface area contributed by atoms with Gasteiger partial charge in [-0.25, -0.2) is 0 Å². The Kier molecular flexibility index (Phi) is 6.64. The van der Waals surface area contributed by atoms with E-state index in [4.69, 9.17) is 25.8 Å². The molecule has 3 rings (SSSR count). The second-order valence-corrected chi connectivity index (χ2v) is 7.04. The molecular formula is C22H22ClNO6. The van der Waals surface area contributed by atoms with Crippen molar-refractivity contribution in [3.05, 3.63) is 64.2 Å². The Labute approximate surface area is 179 Å². The summed E-state index contributed by atoms with van der Waals surface area (Å²) in [5.41, 5.74) is 0.971. The molecule has 1 atom stereocenters. The van der Waals surface area contributed by atoms with Gasteiger partial charge in [-0.15, -0.1) is 0 Å². The molecule has 1 unspecified atom stereocenters. The first-order chi connectivity index (χ1) is 14.4. The molecular weight excluding hydrogens is 410 g/mol. The first-order valence-corrected chi connectivity index (χ1v) is 9.56. The Balaban J connectivity index is 2.18. The van der Waals surface area contributed by atoms with Gasteiger partial charge in [0, 0.05) is 24.2 Å². The van der Waals surface area contributed by atoms with Gasteiger partial charge in [0.1, 0.15) is 5.76 Å². The molecule has 0 radical (unpaired) electrons. The van der Waals surface area contributed by atoms with Crippen LogP contribution in [0.2, 0.25) is 5.02 Å². The van der Waals surface area contributed by atoms with Gasteiger partial charge in [-0.2, -0.15) is 0 Å². The molecule has 1 fully saturated rings. The van der Waals surface area contributed by atoms with Crippen LogP contribution >= 0.6 is 11.6 Å². The number of halogens is 1. The highest BCUT2D eigenvalue weighted by Gasteiger charge is 2.46. The number of nitrogens with zero attached hydrogens (tertiary/aromatic N) is 1. The molecule has 1 amide bonds. The number of benzene rings is 2. The predicted molar refractivity (Wildman–Crippen MR) is 112 cm³/mol. The van der Waals surface area contributed by atoms with Crippen LogP contribution in [0.5, 0.6) is 11.5 Å². The molecule has 1 N–H and O–H groups in total. The molecule has 0 aromatic heterocycles. The molecule has 1 aliphatic rings. The van der Waals surface area contributed by atoms with Gasteiger partial charge >= 0.3 is 0 Å². The van der Waals surface area contributed by atoms with E-state index >= 15 is 0 Å². The Morgan fingerprint density at radius 3 is 2.30 bits per heavy atom. The second kappa shape index (κ2) is 9.19. The summed E-state index contributed by atoms with van der Waals surface area (Å²) in [5.74, 6) is -0.794. The van der Waals surface area contributed by atoms with E-state index in [0.29, 0.717) is 27.6 Å². The third kappa shape index (κ3) is 3.99. The topological polar surface area (TPSA) is 85.3 Å². The van der Waals surface area contributed by atoms with Crippen LogP contribution in [0.1, 0.15) is 17.2 Å². The lowest BCUT2D eigenvalue weighted by Crippen LogP contribution is -2.32. The van der Waals surface area contributed by atoms with Crippen molar-refractivity contribution in [2.75, 3.05) is 34.5 Å². The number of carbonyl (C=O) groups excluding carboxylic acids is 2. The van der Waals surface area contributed by atoms with Crippen LogP contribution in [0.25, 0.3) is 5.76 Å². The van der Waals surface area contributed by atoms with Crippen LogP contribution in [0.15, 0.2) is 48.0 Å². The molecule has 0 aliphatic carbocycles. The molecule has 158 valence electrons. The third-order valence-electron chi connectivity index (χ3n) is 4.92. The summed E-state index contributed by atoms with van der Waals surface area (Å²) in [6, 6.07) is 10.7. The van der Waals surface area contributed by atoms with Gasteiger partial charge in [0.25, 0.3) is 11.7 Å². The lowest BCUT2D eigenvalue weighted by molar-refractivity contribution is -0.140. The zero-order chi connectivity index (χ0) is 21.8. The van der Waals surface area contributed by atoms with Crippen LogP contribution < -0.4 is 9.47 Å². The van der Waals surface area contributed by atoms with Crippen molar-refractivity contribution in [2.45, 2.75) is 6.04 Å². The SMILES string of the molecule is COCCN1C(=O)C(=O)/C(=C(/O)c2ccc(Cl)cc2)C1c1ccc(OC)c(OC)c1. The second-order valence-electron chi connectivity index (χ2n) is 6.61. The van der Waals surface area contributed by atoms with E-state index in [-0.39, 0.29) is 24.5 Å². The fourth-order valence-corrected chi connectivity index (χ4v) is 3.56. The Hall–Kier alpha value is -3.03. The first kappa shape index (κ1) is 21.7.